The Hall–Kier alpha value is -1.01. The maximum atomic E-state index is 4.45. The molecule has 0 aliphatic heterocycles. The van der Waals surface area contributed by atoms with Crippen molar-refractivity contribution < 1.29 is 0 Å². The Balaban J connectivity index is 2.23. The normalized spacial score (nSPS) is 13.7. The number of hydrogen-bond acceptors (Lipinski definition) is 1. The Labute approximate surface area is 105 Å². The molecule has 2 nitrogen and oxygen atoms in total. The van der Waals surface area contributed by atoms with Crippen LogP contribution in [0.5, 0.6) is 0 Å². The summed E-state index contributed by atoms with van der Waals surface area (Å²) in [6.45, 7) is 2.25. The van der Waals surface area contributed by atoms with Crippen molar-refractivity contribution >= 4 is 34.0 Å². The second-order valence-corrected chi connectivity index (χ2v) is 6.61. The van der Waals surface area contributed by atoms with E-state index in [1.807, 2.05) is 24.0 Å². The average molecular weight is 276 g/mol. The van der Waals surface area contributed by atoms with Crippen molar-refractivity contribution in [3.8, 4) is 0 Å². The van der Waals surface area contributed by atoms with Crippen molar-refractivity contribution in [2.24, 2.45) is 7.05 Å². The SMILES string of the molecule is CC([AsH2])C/C=C/c1cnc2c(ccn2C)c1. The number of nitrogens with zero attached hydrogens (tertiary/aromatic N) is 2. The molecule has 0 saturated carbocycles. The third-order valence-electron chi connectivity index (χ3n) is 2.55. The van der Waals surface area contributed by atoms with Crippen LogP contribution in [0.4, 0.5) is 0 Å². The van der Waals surface area contributed by atoms with Gasteiger partial charge in [-0.05, 0) is 0 Å². The summed E-state index contributed by atoms with van der Waals surface area (Å²) >= 11 is 1.79. The Kier molecular flexibility index (Phi) is 3.50. The molecule has 2 atom stereocenters. The first-order chi connectivity index (χ1) is 7.66. The van der Waals surface area contributed by atoms with Crippen LogP contribution >= 0.6 is 0 Å². The molecule has 84 valence electrons. The number of allylic oxidation sites excluding steroid dienone is 1. The first-order valence-electron chi connectivity index (χ1n) is 5.50. The first kappa shape index (κ1) is 11.5. The zero-order chi connectivity index (χ0) is 11.5. The van der Waals surface area contributed by atoms with Gasteiger partial charge in [-0.25, -0.2) is 0 Å². The van der Waals surface area contributed by atoms with E-state index in [0.717, 1.165) is 16.8 Å². The summed E-state index contributed by atoms with van der Waals surface area (Å²) in [5.74, 6) is 0. The fraction of sp³-hybridized carbons (Fsp3) is 0.308. The van der Waals surface area contributed by atoms with Crippen LogP contribution in [0, 0.1) is 0 Å². The van der Waals surface area contributed by atoms with Gasteiger partial charge in [-0.1, -0.05) is 0 Å². The molecule has 0 radical (unpaired) electrons. The minimum atomic E-state index is 0.775. The van der Waals surface area contributed by atoms with Crippen molar-refractivity contribution in [2.45, 2.75) is 18.1 Å². The molecular weight excluding hydrogens is 259 g/mol. The van der Waals surface area contributed by atoms with Crippen molar-refractivity contribution in [2.75, 3.05) is 0 Å². The standard InChI is InChI=1S/C13H17AsN2/c1-10(14)4-3-5-11-8-12-6-7-16(2)13(12)15-9-11/h3,5-10H,4,14H2,1-2H3/b5-3+. The maximum absolute atomic E-state index is 4.45. The molecule has 0 bridgehead atoms. The van der Waals surface area contributed by atoms with Gasteiger partial charge in [0.05, 0.1) is 0 Å². The van der Waals surface area contributed by atoms with Gasteiger partial charge in [0.25, 0.3) is 0 Å². The molecule has 16 heavy (non-hydrogen) atoms. The number of fused-ring (bicyclic) bond motifs is 1. The Morgan fingerprint density at radius 2 is 2.38 bits per heavy atom. The summed E-state index contributed by atoms with van der Waals surface area (Å²) in [6.07, 6.45) is 9.52. The van der Waals surface area contributed by atoms with Crippen LogP contribution in [0.15, 0.2) is 30.6 Å². The van der Waals surface area contributed by atoms with E-state index < -0.39 is 0 Å². The van der Waals surface area contributed by atoms with Gasteiger partial charge in [-0.2, -0.15) is 0 Å². The van der Waals surface area contributed by atoms with Gasteiger partial charge in [-0.3, -0.25) is 0 Å². The molecule has 3 heteroatoms. The molecule has 0 fully saturated rings. The molecular formula is C13H17AsN2. The van der Waals surface area contributed by atoms with E-state index in [-0.39, 0.29) is 0 Å². The Morgan fingerprint density at radius 1 is 1.56 bits per heavy atom. The zero-order valence-electron chi connectivity index (χ0n) is 9.72. The van der Waals surface area contributed by atoms with Crippen LogP contribution < -0.4 is 0 Å². The van der Waals surface area contributed by atoms with Crippen molar-refractivity contribution in [3.63, 3.8) is 0 Å². The minimum absolute atomic E-state index is 0.775. The summed E-state index contributed by atoms with van der Waals surface area (Å²) < 4.78 is 2.82. The van der Waals surface area contributed by atoms with Gasteiger partial charge in [0, 0.05) is 0 Å². The molecule has 0 spiro atoms. The molecule has 2 unspecified atom stereocenters. The van der Waals surface area contributed by atoms with Crippen LogP contribution in [0.2, 0.25) is 4.71 Å². The van der Waals surface area contributed by atoms with Gasteiger partial charge in [0.15, 0.2) is 0 Å². The molecule has 0 N–H and O–H groups in total. The summed E-state index contributed by atoms with van der Waals surface area (Å²) in [7, 11) is 2.02. The molecule has 2 heterocycles. The van der Waals surface area contributed by atoms with Crippen LogP contribution in [0.25, 0.3) is 17.1 Å². The van der Waals surface area contributed by atoms with Crippen molar-refractivity contribution in [1.29, 1.82) is 0 Å². The summed E-state index contributed by atoms with van der Waals surface area (Å²) in [4.78, 5) is 4.45. The monoisotopic (exact) mass is 276 g/mol. The number of rotatable bonds is 3. The Morgan fingerprint density at radius 3 is 3.12 bits per heavy atom. The van der Waals surface area contributed by atoms with E-state index in [4.69, 9.17) is 0 Å². The predicted molar refractivity (Wildman–Crippen MR) is 72.3 cm³/mol. The zero-order valence-corrected chi connectivity index (χ0v) is 12.1. The fourth-order valence-electron chi connectivity index (χ4n) is 1.68. The number of aryl methyl sites for hydroxylation is 1. The van der Waals surface area contributed by atoms with Gasteiger partial charge in [-0.15, -0.1) is 0 Å². The first-order valence-corrected chi connectivity index (χ1v) is 6.90. The third kappa shape index (κ3) is 2.56. The van der Waals surface area contributed by atoms with Gasteiger partial charge >= 0.3 is 105 Å². The van der Waals surface area contributed by atoms with E-state index >= 15 is 0 Å². The van der Waals surface area contributed by atoms with E-state index in [2.05, 4.69) is 36.2 Å². The van der Waals surface area contributed by atoms with Gasteiger partial charge < -0.3 is 0 Å². The van der Waals surface area contributed by atoms with Gasteiger partial charge in [0.2, 0.25) is 0 Å². The van der Waals surface area contributed by atoms with Crippen LogP contribution in [0.1, 0.15) is 18.9 Å². The number of aromatic nitrogens is 2. The molecule has 2 rings (SSSR count). The fourth-order valence-corrected chi connectivity index (χ4v) is 2.01. The summed E-state index contributed by atoms with van der Waals surface area (Å²) in [5, 5.41) is 1.21. The Bertz CT molecular complexity index is 512. The molecule has 0 aliphatic carbocycles. The molecule has 0 aromatic carbocycles. The van der Waals surface area contributed by atoms with E-state index in [1.54, 1.807) is 16.9 Å². The second-order valence-electron chi connectivity index (χ2n) is 4.22. The van der Waals surface area contributed by atoms with Crippen LogP contribution in [-0.2, 0) is 7.05 Å². The van der Waals surface area contributed by atoms with Crippen molar-refractivity contribution in [1.82, 2.24) is 9.55 Å². The molecule has 0 saturated heterocycles. The number of hydrogen-bond donors (Lipinski definition) is 0. The third-order valence-corrected chi connectivity index (χ3v) is 3.12. The van der Waals surface area contributed by atoms with Gasteiger partial charge in [0.1, 0.15) is 0 Å². The molecule has 0 aliphatic rings. The average Bonchev–Trinajstić information content (AvgIpc) is 2.60. The van der Waals surface area contributed by atoms with Crippen LogP contribution in [0.3, 0.4) is 0 Å². The van der Waals surface area contributed by atoms with Crippen molar-refractivity contribution in [3.05, 3.63) is 36.2 Å². The predicted octanol–water partition coefficient (Wildman–Crippen LogP) is 2.42. The van der Waals surface area contributed by atoms with E-state index in [1.165, 1.54) is 10.9 Å². The summed E-state index contributed by atoms with van der Waals surface area (Å²) in [5.41, 5.74) is 2.23. The topological polar surface area (TPSA) is 17.8 Å². The molecule has 2 aromatic rings. The summed E-state index contributed by atoms with van der Waals surface area (Å²) in [6, 6.07) is 4.29. The quantitative estimate of drug-likeness (QED) is 0.787. The molecule has 2 aromatic heterocycles. The van der Waals surface area contributed by atoms with Crippen LogP contribution in [-0.4, -0.2) is 26.4 Å². The molecule has 0 amide bonds. The van der Waals surface area contributed by atoms with E-state index in [0.29, 0.717) is 0 Å². The van der Waals surface area contributed by atoms with E-state index in [9.17, 15) is 0 Å². The second kappa shape index (κ2) is 4.88. The number of pyridine rings is 1.